The van der Waals surface area contributed by atoms with E-state index >= 15 is 0 Å². The SMILES string of the molecule is FC(P)c1nnc(N2CCc3[nH]cnc3[C@H]2c2cc3ccccn3n2)o1. The lowest BCUT2D eigenvalue weighted by Gasteiger charge is -2.32. The quantitative estimate of drug-likeness (QED) is 0.557. The molecule has 0 fully saturated rings. The van der Waals surface area contributed by atoms with Crippen LogP contribution in [0.4, 0.5) is 10.4 Å². The van der Waals surface area contributed by atoms with Crippen LogP contribution in [0.25, 0.3) is 5.52 Å². The average Bonchev–Trinajstić information content (AvgIpc) is 3.37. The first-order valence-corrected chi connectivity index (χ1v) is 8.83. The van der Waals surface area contributed by atoms with E-state index in [1.54, 1.807) is 6.33 Å². The molecule has 0 spiro atoms. The van der Waals surface area contributed by atoms with E-state index in [2.05, 4.69) is 25.3 Å². The number of anilines is 1. The third kappa shape index (κ3) is 2.39. The Labute approximate surface area is 149 Å². The average molecular weight is 371 g/mol. The van der Waals surface area contributed by atoms with Gasteiger partial charge in [-0.25, -0.2) is 13.9 Å². The third-order valence-electron chi connectivity index (χ3n) is 4.51. The highest BCUT2D eigenvalue weighted by Crippen LogP contribution is 2.37. The highest BCUT2D eigenvalue weighted by atomic mass is 31.0. The first-order valence-electron chi connectivity index (χ1n) is 8.17. The fourth-order valence-corrected chi connectivity index (χ4v) is 3.46. The number of rotatable bonds is 3. The topological polar surface area (TPSA) is 88.1 Å². The van der Waals surface area contributed by atoms with Gasteiger partial charge in [0, 0.05) is 24.9 Å². The summed E-state index contributed by atoms with van der Waals surface area (Å²) >= 11 is 0. The van der Waals surface area contributed by atoms with Crippen LogP contribution < -0.4 is 4.90 Å². The molecule has 5 rings (SSSR count). The molecule has 0 saturated carbocycles. The third-order valence-corrected chi connectivity index (χ3v) is 4.79. The van der Waals surface area contributed by atoms with Crippen molar-refractivity contribution in [3.05, 3.63) is 59.8 Å². The molecule has 0 saturated heterocycles. The number of aromatic amines is 1. The van der Waals surface area contributed by atoms with Gasteiger partial charge in [-0.1, -0.05) is 20.4 Å². The first-order chi connectivity index (χ1) is 12.7. The molecule has 4 aromatic rings. The summed E-state index contributed by atoms with van der Waals surface area (Å²) in [6.07, 6.45) is 4.32. The van der Waals surface area contributed by atoms with Gasteiger partial charge >= 0.3 is 6.01 Å². The predicted octanol–water partition coefficient (Wildman–Crippen LogP) is 2.44. The van der Waals surface area contributed by atoms with Crippen LogP contribution in [0.1, 0.15) is 34.9 Å². The lowest BCUT2D eigenvalue weighted by Crippen LogP contribution is -2.36. The zero-order valence-electron chi connectivity index (χ0n) is 13.6. The van der Waals surface area contributed by atoms with Gasteiger partial charge in [0.1, 0.15) is 6.04 Å². The molecule has 0 amide bonds. The van der Waals surface area contributed by atoms with Gasteiger partial charge in [-0.05, 0) is 18.2 Å². The number of hydrogen-bond donors (Lipinski definition) is 1. The molecule has 2 unspecified atom stereocenters. The van der Waals surface area contributed by atoms with Crippen molar-refractivity contribution in [1.82, 2.24) is 29.8 Å². The molecule has 8 nitrogen and oxygen atoms in total. The second-order valence-electron chi connectivity index (χ2n) is 6.08. The molecule has 10 heteroatoms. The van der Waals surface area contributed by atoms with Crippen LogP contribution in [-0.4, -0.2) is 36.3 Å². The summed E-state index contributed by atoms with van der Waals surface area (Å²) in [7, 11) is 2.01. The zero-order chi connectivity index (χ0) is 17.7. The van der Waals surface area contributed by atoms with E-state index in [1.807, 2.05) is 49.1 Å². The van der Waals surface area contributed by atoms with E-state index in [9.17, 15) is 4.39 Å². The second kappa shape index (κ2) is 5.88. The molecule has 0 aliphatic carbocycles. The number of H-pyrrole nitrogens is 1. The summed E-state index contributed by atoms with van der Waals surface area (Å²) in [6.45, 7) is 0.628. The van der Waals surface area contributed by atoms with Gasteiger partial charge in [0.05, 0.1) is 23.2 Å². The smallest absolute Gasteiger partial charge is 0.319 e. The van der Waals surface area contributed by atoms with Crippen molar-refractivity contribution in [2.75, 3.05) is 11.4 Å². The van der Waals surface area contributed by atoms with Gasteiger partial charge in [0.25, 0.3) is 5.89 Å². The van der Waals surface area contributed by atoms with Gasteiger partial charge in [-0.2, -0.15) is 5.10 Å². The van der Waals surface area contributed by atoms with E-state index in [0.717, 1.165) is 29.0 Å². The monoisotopic (exact) mass is 371 g/mol. The Kier molecular flexibility index (Phi) is 3.49. The molecule has 132 valence electrons. The van der Waals surface area contributed by atoms with Gasteiger partial charge in [-0.3, -0.25) is 0 Å². The van der Waals surface area contributed by atoms with E-state index in [0.29, 0.717) is 6.54 Å². The molecule has 4 aromatic heterocycles. The van der Waals surface area contributed by atoms with Crippen molar-refractivity contribution in [3.63, 3.8) is 0 Å². The fourth-order valence-electron chi connectivity index (χ4n) is 3.33. The Hall–Kier alpha value is -2.80. The minimum atomic E-state index is -1.39. The summed E-state index contributed by atoms with van der Waals surface area (Å²) in [6, 6.07) is 7.85. The first kappa shape index (κ1) is 15.5. The largest absolute Gasteiger partial charge is 0.404 e. The molecule has 0 bridgehead atoms. The van der Waals surface area contributed by atoms with E-state index in [4.69, 9.17) is 4.42 Å². The van der Waals surface area contributed by atoms with Gasteiger partial charge in [0.15, 0.2) is 5.91 Å². The summed E-state index contributed by atoms with van der Waals surface area (Å²) < 4.78 is 20.8. The number of alkyl halides is 1. The van der Waals surface area contributed by atoms with Crippen molar-refractivity contribution < 1.29 is 8.81 Å². The molecule has 1 N–H and O–H groups in total. The van der Waals surface area contributed by atoms with Gasteiger partial charge in [0.2, 0.25) is 0 Å². The number of nitrogens with zero attached hydrogens (tertiary/aromatic N) is 6. The van der Waals surface area contributed by atoms with Crippen molar-refractivity contribution >= 4 is 20.8 Å². The molecular formula is C16H15FN7OP. The van der Waals surface area contributed by atoms with Crippen LogP contribution in [0.15, 0.2) is 41.2 Å². The summed E-state index contributed by atoms with van der Waals surface area (Å²) in [4.78, 5) is 9.60. The molecule has 26 heavy (non-hydrogen) atoms. The maximum Gasteiger partial charge on any atom is 0.319 e. The normalized spacial score (nSPS) is 18.2. The Bertz CT molecular complexity index is 1040. The molecule has 1 aliphatic heterocycles. The summed E-state index contributed by atoms with van der Waals surface area (Å²) in [5, 5.41) is 12.5. The number of aromatic nitrogens is 6. The van der Waals surface area contributed by atoms with Crippen molar-refractivity contribution in [2.24, 2.45) is 0 Å². The minimum Gasteiger partial charge on any atom is -0.404 e. The van der Waals surface area contributed by atoms with Crippen LogP contribution in [0, 0.1) is 0 Å². The molecule has 0 radical (unpaired) electrons. The maximum absolute atomic E-state index is 13.5. The van der Waals surface area contributed by atoms with E-state index in [-0.39, 0.29) is 17.9 Å². The number of halogens is 1. The van der Waals surface area contributed by atoms with Crippen LogP contribution in [0.5, 0.6) is 0 Å². The molecule has 1 aliphatic rings. The molecular weight excluding hydrogens is 356 g/mol. The van der Waals surface area contributed by atoms with E-state index < -0.39 is 5.91 Å². The number of pyridine rings is 1. The highest BCUT2D eigenvalue weighted by Gasteiger charge is 2.36. The Balaban J connectivity index is 1.63. The number of fused-ring (bicyclic) bond motifs is 2. The Morgan fingerprint density at radius 2 is 2.27 bits per heavy atom. The molecule has 0 aromatic carbocycles. The Morgan fingerprint density at radius 1 is 1.35 bits per heavy atom. The Morgan fingerprint density at radius 3 is 3.08 bits per heavy atom. The van der Waals surface area contributed by atoms with Crippen molar-refractivity contribution in [3.8, 4) is 0 Å². The second-order valence-corrected chi connectivity index (χ2v) is 6.66. The number of nitrogens with one attached hydrogen (secondary N) is 1. The lowest BCUT2D eigenvalue weighted by molar-refractivity contribution is 0.365. The van der Waals surface area contributed by atoms with Gasteiger partial charge in [-0.15, -0.1) is 5.10 Å². The minimum absolute atomic E-state index is 0.0634. The maximum atomic E-state index is 13.5. The predicted molar refractivity (Wildman–Crippen MR) is 94.5 cm³/mol. The highest BCUT2D eigenvalue weighted by molar-refractivity contribution is 7.16. The summed E-state index contributed by atoms with van der Waals surface area (Å²) in [5.74, 6) is -1.46. The lowest BCUT2D eigenvalue weighted by atomic mass is 10.0. The zero-order valence-corrected chi connectivity index (χ0v) is 14.7. The van der Waals surface area contributed by atoms with Crippen LogP contribution in [0.2, 0.25) is 0 Å². The number of hydrogen-bond acceptors (Lipinski definition) is 6. The summed E-state index contributed by atoms with van der Waals surface area (Å²) in [5.41, 5.74) is 3.70. The van der Waals surface area contributed by atoms with Crippen LogP contribution >= 0.6 is 9.24 Å². The van der Waals surface area contributed by atoms with Gasteiger partial charge < -0.3 is 14.3 Å². The number of imidazole rings is 1. The van der Waals surface area contributed by atoms with Crippen molar-refractivity contribution in [2.45, 2.75) is 18.4 Å². The van der Waals surface area contributed by atoms with Crippen LogP contribution in [-0.2, 0) is 6.42 Å². The molecule has 5 heterocycles. The molecule has 3 atom stereocenters. The fraction of sp³-hybridized carbons (Fsp3) is 0.250. The van der Waals surface area contributed by atoms with Crippen molar-refractivity contribution in [1.29, 1.82) is 0 Å². The standard InChI is InChI=1S/C16H15FN7OP/c17-14(26)15-20-21-16(25-15)23-6-4-10-12(19-8-18-10)13(23)11-7-9-3-1-2-5-24(9)22-11/h1-3,5,7-8,13-14H,4,6,26H2,(H,18,19)/t13-,14?/m1/s1. The van der Waals surface area contributed by atoms with Crippen LogP contribution in [0.3, 0.4) is 0 Å². The van der Waals surface area contributed by atoms with E-state index in [1.165, 1.54) is 0 Å².